The molecule has 5 heteroatoms. The summed E-state index contributed by atoms with van der Waals surface area (Å²) in [5, 5.41) is 11.3. The largest absolute Gasteiger partial charge is 0.399 e. The predicted octanol–water partition coefficient (Wildman–Crippen LogP) is 1.80. The average molecular weight is 231 g/mol. The molecular formula is C12H17N5. The molecule has 0 unspecified atom stereocenters. The molecule has 0 saturated carbocycles. The Morgan fingerprint density at radius 1 is 1.41 bits per heavy atom. The molecule has 5 nitrogen and oxygen atoms in total. The Kier molecular flexibility index (Phi) is 3.27. The fourth-order valence-electron chi connectivity index (χ4n) is 1.65. The molecule has 0 bridgehead atoms. The van der Waals surface area contributed by atoms with Crippen LogP contribution in [0.25, 0.3) is 0 Å². The first-order valence-corrected chi connectivity index (χ1v) is 5.67. The fraction of sp³-hybridized carbons (Fsp3) is 0.333. The molecule has 1 aromatic carbocycles. The van der Waals surface area contributed by atoms with Crippen LogP contribution in [0.3, 0.4) is 0 Å². The number of rotatable bonds is 4. The van der Waals surface area contributed by atoms with Gasteiger partial charge in [-0.05, 0) is 37.6 Å². The van der Waals surface area contributed by atoms with Crippen molar-refractivity contribution in [3.63, 3.8) is 0 Å². The van der Waals surface area contributed by atoms with E-state index in [1.54, 1.807) is 6.33 Å². The minimum absolute atomic E-state index is 0.664. The summed E-state index contributed by atoms with van der Waals surface area (Å²) < 4.78 is 2.01. The van der Waals surface area contributed by atoms with Gasteiger partial charge in [0.15, 0.2) is 5.82 Å². The lowest BCUT2D eigenvalue weighted by atomic mass is 10.2. The van der Waals surface area contributed by atoms with Crippen LogP contribution in [-0.4, -0.2) is 14.8 Å². The number of aromatic nitrogens is 3. The van der Waals surface area contributed by atoms with Gasteiger partial charge < -0.3 is 15.6 Å². The van der Waals surface area contributed by atoms with Gasteiger partial charge in [-0.3, -0.25) is 0 Å². The van der Waals surface area contributed by atoms with Gasteiger partial charge in [0.25, 0.3) is 0 Å². The topological polar surface area (TPSA) is 68.8 Å². The molecule has 0 atom stereocenters. The average Bonchev–Trinajstić information content (AvgIpc) is 2.78. The normalized spacial score (nSPS) is 10.5. The summed E-state index contributed by atoms with van der Waals surface area (Å²) in [5.74, 6) is 0.932. The highest BCUT2D eigenvalue weighted by Crippen LogP contribution is 2.16. The molecule has 0 saturated heterocycles. The zero-order chi connectivity index (χ0) is 12.3. The van der Waals surface area contributed by atoms with Gasteiger partial charge in [-0.15, -0.1) is 10.2 Å². The summed E-state index contributed by atoms with van der Waals surface area (Å²) >= 11 is 0. The number of nitrogens with zero attached hydrogens (tertiary/aromatic N) is 3. The van der Waals surface area contributed by atoms with Gasteiger partial charge >= 0.3 is 0 Å². The van der Waals surface area contributed by atoms with Crippen molar-refractivity contribution in [3.8, 4) is 0 Å². The minimum Gasteiger partial charge on any atom is -0.399 e. The molecule has 0 aliphatic carbocycles. The molecule has 2 rings (SSSR count). The van der Waals surface area contributed by atoms with Crippen LogP contribution >= 0.6 is 0 Å². The molecule has 1 heterocycles. The van der Waals surface area contributed by atoms with Crippen LogP contribution in [0.1, 0.15) is 18.3 Å². The van der Waals surface area contributed by atoms with Crippen molar-refractivity contribution in [3.05, 3.63) is 35.9 Å². The number of hydrogen-bond acceptors (Lipinski definition) is 4. The third-order valence-electron chi connectivity index (χ3n) is 2.76. The number of nitrogen functional groups attached to an aromatic ring is 1. The summed E-state index contributed by atoms with van der Waals surface area (Å²) in [7, 11) is 0. The Hall–Kier alpha value is -2.04. The second-order valence-corrected chi connectivity index (χ2v) is 3.96. The molecule has 0 spiro atoms. The van der Waals surface area contributed by atoms with E-state index in [-0.39, 0.29) is 0 Å². The number of nitrogens with two attached hydrogens (primary N) is 1. The number of anilines is 2. The van der Waals surface area contributed by atoms with Crippen LogP contribution in [0.2, 0.25) is 0 Å². The van der Waals surface area contributed by atoms with Gasteiger partial charge in [-0.25, -0.2) is 0 Å². The molecule has 17 heavy (non-hydrogen) atoms. The number of hydrogen-bond donors (Lipinski definition) is 2. The SMILES string of the molecule is CCn1cnnc1CNc1ccc(N)c(C)c1. The smallest absolute Gasteiger partial charge is 0.152 e. The van der Waals surface area contributed by atoms with Gasteiger partial charge in [-0.2, -0.15) is 0 Å². The van der Waals surface area contributed by atoms with Crippen LogP contribution in [0, 0.1) is 6.92 Å². The van der Waals surface area contributed by atoms with Crippen LogP contribution in [0.15, 0.2) is 24.5 Å². The zero-order valence-corrected chi connectivity index (χ0v) is 10.1. The molecule has 0 radical (unpaired) electrons. The van der Waals surface area contributed by atoms with Crippen LogP contribution in [0.4, 0.5) is 11.4 Å². The summed E-state index contributed by atoms with van der Waals surface area (Å²) in [6.45, 7) is 5.61. The molecule has 0 fully saturated rings. The first-order valence-electron chi connectivity index (χ1n) is 5.67. The Morgan fingerprint density at radius 2 is 2.24 bits per heavy atom. The monoisotopic (exact) mass is 231 g/mol. The molecule has 0 aliphatic rings. The third kappa shape index (κ3) is 2.55. The molecular weight excluding hydrogens is 214 g/mol. The van der Waals surface area contributed by atoms with Crippen LogP contribution < -0.4 is 11.1 Å². The molecule has 90 valence electrons. The summed E-state index contributed by atoms with van der Waals surface area (Å²) in [6.07, 6.45) is 1.74. The van der Waals surface area contributed by atoms with Crippen LogP contribution in [0.5, 0.6) is 0 Å². The Balaban J connectivity index is 2.05. The van der Waals surface area contributed by atoms with E-state index in [9.17, 15) is 0 Å². The predicted molar refractivity (Wildman–Crippen MR) is 68.6 cm³/mol. The van der Waals surface area contributed by atoms with Crippen molar-refractivity contribution in [2.45, 2.75) is 26.9 Å². The number of benzene rings is 1. The first kappa shape index (κ1) is 11.4. The molecule has 1 aromatic heterocycles. The maximum absolute atomic E-state index is 5.77. The standard InChI is InChI=1S/C12H17N5/c1-3-17-8-15-16-12(17)7-14-10-4-5-11(13)9(2)6-10/h4-6,8,14H,3,7,13H2,1-2H3. The lowest BCUT2D eigenvalue weighted by Crippen LogP contribution is -2.07. The van der Waals surface area contributed by atoms with Gasteiger partial charge in [0.1, 0.15) is 6.33 Å². The highest BCUT2D eigenvalue weighted by Gasteiger charge is 2.02. The van der Waals surface area contributed by atoms with E-state index in [0.29, 0.717) is 6.54 Å². The highest BCUT2D eigenvalue weighted by atomic mass is 15.3. The Morgan fingerprint density at radius 3 is 2.94 bits per heavy atom. The van der Waals surface area contributed by atoms with Gasteiger partial charge in [-0.1, -0.05) is 0 Å². The van der Waals surface area contributed by atoms with E-state index in [1.807, 2.05) is 29.7 Å². The lowest BCUT2D eigenvalue weighted by Gasteiger charge is -2.08. The van der Waals surface area contributed by atoms with Gasteiger partial charge in [0, 0.05) is 17.9 Å². The molecule has 2 aromatic rings. The first-order chi connectivity index (χ1) is 8.20. The van der Waals surface area contributed by atoms with E-state index < -0.39 is 0 Å². The number of nitrogens with one attached hydrogen (secondary N) is 1. The van der Waals surface area contributed by atoms with E-state index in [1.165, 1.54) is 0 Å². The zero-order valence-electron chi connectivity index (χ0n) is 10.1. The maximum atomic E-state index is 5.77. The van der Waals surface area contributed by atoms with Crippen molar-refractivity contribution in [2.24, 2.45) is 0 Å². The number of aryl methyl sites for hydroxylation is 2. The van der Waals surface area contributed by atoms with E-state index in [2.05, 4.69) is 22.4 Å². The highest BCUT2D eigenvalue weighted by molar-refractivity contribution is 5.56. The fourth-order valence-corrected chi connectivity index (χ4v) is 1.65. The van der Waals surface area contributed by atoms with Crippen molar-refractivity contribution in [2.75, 3.05) is 11.1 Å². The minimum atomic E-state index is 0.664. The Labute approximate surface area is 101 Å². The second kappa shape index (κ2) is 4.86. The third-order valence-corrected chi connectivity index (χ3v) is 2.76. The summed E-state index contributed by atoms with van der Waals surface area (Å²) in [4.78, 5) is 0. The molecule has 3 N–H and O–H groups in total. The Bertz CT molecular complexity index is 503. The van der Waals surface area contributed by atoms with Crippen molar-refractivity contribution in [1.29, 1.82) is 0 Å². The summed E-state index contributed by atoms with van der Waals surface area (Å²) in [5.41, 5.74) is 8.70. The lowest BCUT2D eigenvalue weighted by molar-refractivity contribution is 0.708. The maximum Gasteiger partial charge on any atom is 0.152 e. The van der Waals surface area contributed by atoms with Crippen molar-refractivity contribution < 1.29 is 0 Å². The van der Waals surface area contributed by atoms with E-state index in [4.69, 9.17) is 5.73 Å². The van der Waals surface area contributed by atoms with Crippen LogP contribution in [-0.2, 0) is 13.1 Å². The van der Waals surface area contributed by atoms with E-state index in [0.717, 1.165) is 29.3 Å². The van der Waals surface area contributed by atoms with Crippen molar-refractivity contribution in [1.82, 2.24) is 14.8 Å². The quantitative estimate of drug-likeness (QED) is 0.787. The second-order valence-electron chi connectivity index (χ2n) is 3.96. The molecule has 0 aliphatic heterocycles. The van der Waals surface area contributed by atoms with Crippen molar-refractivity contribution >= 4 is 11.4 Å². The van der Waals surface area contributed by atoms with E-state index >= 15 is 0 Å². The van der Waals surface area contributed by atoms with Gasteiger partial charge in [0.2, 0.25) is 0 Å². The van der Waals surface area contributed by atoms with Gasteiger partial charge in [0.05, 0.1) is 6.54 Å². The molecule has 0 amide bonds. The summed E-state index contributed by atoms with van der Waals surface area (Å²) in [6, 6.07) is 5.90.